The van der Waals surface area contributed by atoms with E-state index in [1.54, 1.807) is 0 Å². The predicted molar refractivity (Wildman–Crippen MR) is 109 cm³/mol. The zero-order valence-corrected chi connectivity index (χ0v) is 20.8. The van der Waals surface area contributed by atoms with Crippen LogP contribution in [-0.4, -0.2) is 73.7 Å². The van der Waals surface area contributed by atoms with Gasteiger partial charge in [-0.2, -0.15) is 9.36 Å². The molecule has 1 saturated heterocycles. The van der Waals surface area contributed by atoms with Crippen LogP contribution in [0.4, 0.5) is 5.13 Å². The Morgan fingerprint density at radius 2 is 2.29 bits per heavy atom. The van der Waals surface area contributed by atoms with Crippen molar-refractivity contribution in [3.63, 3.8) is 0 Å². The Balaban J connectivity index is 0.00000341. The van der Waals surface area contributed by atoms with Crippen molar-refractivity contribution in [3.8, 4) is 0 Å². The van der Waals surface area contributed by atoms with Gasteiger partial charge in [0, 0.05) is 22.2 Å². The first kappa shape index (κ1) is 25.6. The van der Waals surface area contributed by atoms with Crippen molar-refractivity contribution in [1.29, 1.82) is 0 Å². The molecule has 0 radical (unpaired) electrons. The third kappa shape index (κ3) is 5.42. The van der Waals surface area contributed by atoms with E-state index in [9.17, 15) is 19.5 Å². The molecule has 16 heteroatoms. The van der Waals surface area contributed by atoms with Crippen LogP contribution in [0.15, 0.2) is 27.2 Å². The number of carboxylic acid groups (broad SMARTS) is 1. The maximum Gasteiger partial charge on any atom is 1.00 e. The molecule has 0 bridgehead atoms. The SMILES string of the molecule is CO/N=C(\C(=O)NC1C(=O)N2C(C(=O)[O-])=C(S/C=C\CO)CS[C@H]12)c1nsc(N)n1.[Na+]. The molecule has 1 unspecified atom stereocenters. The summed E-state index contributed by atoms with van der Waals surface area (Å²) < 4.78 is 3.90. The Bertz CT molecular complexity index is 967. The van der Waals surface area contributed by atoms with Gasteiger partial charge in [-0.3, -0.25) is 14.5 Å². The molecule has 4 N–H and O–H groups in total. The number of aromatic nitrogens is 2. The van der Waals surface area contributed by atoms with Crippen LogP contribution in [-0.2, 0) is 19.2 Å². The first-order valence-corrected chi connectivity index (χ1v) is 10.9. The standard InChI is InChI=1S/C15H16N6O6S3.Na/c1-27-19-7(10-18-15(16)30-20-10)11(23)17-8-12(24)21-9(14(25)26)6(5-29-13(8)21)28-4-2-3-22;/h2,4,8,13,22H,3,5H2,1H3,(H,17,23)(H,25,26)(H2,16,18,20);/q;+1/p-1/b4-2-,19-7-;/t8?,13-;/m1./s1. The van der Waals surface area contributed by atoms with Gasteiger partial charge in [0.15, 0.2) is 5.13 Å². The van der Waals surface area contributed by atoms with Crippen LogP contribution in [0.25, 0.3) is 0 Å². The van der Waals surface area contributed by atoms with Crippen LogP contribution in [0.5, 0.6) is 0 Å². The molecule has 1 aromatic heterocycles. The number of amides is 2. The summed E-state index contributed by atoms with van der Waals surface area (Å²) >= 11 is 3.23. The number of hydrogen-bond acceptors (Lipinski definition) is 13. The summed E-state index contributed by atoms with van der Waals surface area (Å²) in [5, 5.41) is 27.6. The Hall–Kier alpha value is -1.62. The van der Waals surface area contributed by atoms with Crippen LogP contribution in [0.1, 0.15) is 5.82 Å². The second-order valence-electron chi connectivity index (χ2n) is 5.67. The fourth-order valence-electron chi connectivity index (χ4n) is 2.66. The molecule has 3 rings (SSSR count). The summed E-state index contributed by atoms with van der Waals surface area (Å²) in [6, 6.07) is -0.977. The fraction of sp³-hybridized carbons (Fsp3) is 0.333. The van der Waals surface area contributed by atoms with Crippen LogP contribution in [0.3, 0.4) is 0 Å². The molecule has 1 fully saturated rings. The minimum absolute atomic E-state index is 0. The van der Waals surface area contributed by atoms with Crippen molar-refractivity contribution < 1.29 is 59.0 Å². The number of hydrogen-bond donors (Lipinski definition) is 3. The molecule has 0 spiro atoms. The number of nitrogens with two attached hydrogens (primary N) is 1. The van der Waals surface area contributed by atoms with Gasteiger partial charge in [-0.15, -0.1) is 11.8 Å². The van der Waals surface area contributed by atoms with E-state index in [0.29, 0.717) is 4.91 Å². The molecular weight excluding hydrogens is 479 g/mol. The molecule has 31 heavy (non-hydrogen) atoms. The topological polar surface area (TPSA) is 183 Å². The van der Waals surface area contributed by atoms with Crippen molar-refractivity contribution in [2.24, 2.45) is 5.16 Å². The fourth-order valence-corrected chi connectivity index (χ4v) is 5.41. The Morgan fingerprint density at radius 1 is 1.55 bits per heavy atom. The van der Waals surface area contributed by atoms with E-state index < -0.39 is 29.2 Å². The van der Waals surface area contributed by atoms with Crippen molar-refractivity contribution in [2.75, 3.05) is 25.2 Å². The van der Waals surface area contributed by atoms with E-state index in [4.69, 9.17) is 10.8 Å². The van der Waals surface area contributed by atoms with Crippen LogP contribution in [0, 0.1) is 0 Å². The number of oxime groups is 1. The summed E-state index contributed by atoms with van der Waals surface area (Å²) in [6.07, 6.45) is 1.44. The zero-order valence-electron chi connectivity index (χ0n) is 16.3. The van der Waals surface area contributed by atoms with Gasteiger partial charge >= 0.3 is 29.6 Å². The molecule has 2 amide bonds. The number of rotatable bonds is 8. The van der Waals surface area contributed by atoms with Crippen LogP contribution >= 0.6 is 35.1 Å². The zero-order chi connectivity index (χ0) is 21.8. The first-order valence-electron chi connectivity index (χ1n) is 8.22. The molecule has 1 aromatic rings. The number of aliphatic hydroxyl groups is 1. The second kappa shape index (κ2) is 11.3. The Morgan fingerprint density at radius 3 is 2.87 bits per heavy atom. The first-order chi connectivity index (χ1) is 14.4. The number of β-lactam (4-membered cyclic amide) rings is 1. The molecular formula is C15H15N6NaO6S3. The number of carbonyl (C=O) groups is 3. The predicted octanol–water partition coefficient (Wildman–Crippen LogP) is -4.92. The van der Waals surface area contributed by atoms with Crippen molar-refractivity contribution in [2.45, 2.75) is 11.4 Å². The number of aliphatic carboxylic acids is 1. The Labute approximate surface area is 210 Å². The van der Waals surface area contributed by atoms with Crippen molar-refractivity contribution in [1.82, 2.24) is 19.6 Å². The van der Waals surface area contributed by atoms with E-state index in [0.717, 1.165) is 28.2 Å². The average Bonchev–Trinajstić information content (AvgIpc) is 3.15. The van der Waals surface area contributed by atoms with E-state index in [2.05, 4.69) is 24.7 Å². The molecule has 160 valence electrons. The van der Waals surface area contributed by atoms with E-state index in [1.165, 1.54) is 30.4 Å². The van der Waals surface area contributed by atoms with E-state index >= 15 is 0 Å². The van der Waals surface area contributed by atoms with Crippen molar-refractivity contribution in [3.05, 3.63) is 27.9 Å². The van der Waals surface area contributed by atoms with Crippen molar-refractivity contribution >= 4 is 63.7 Å². The monoisotopic (exact) mass is 494 g/mol. The number of fused-ring (bicyclic) bond motifs is 1. The number of thioether (sulfide) groups is 2. The van der Waals surface area contributed by atoms with Gasteiger partial charge in [0.2, 0.25) is 11.5 Å². The third-order valence-electron chi connectivity index (χ3n) is 3.88. The van der Waals surface area contributed by atoms with Gasteiger partial charge in [-0.1, -0.05) is 23.0 Å². The van der Waals surface area contributed by atoms with Crippen LogP contribution < -0.4 is 45.7 Å². The van der Waals surface area contributed by atoms with Gasteiger partial charge in [0.1, 0.15) is 18.5 Å². The average molecular weight is 495 g/mol. The van der Waals surface area contributed by atoms with Gasteiger partial charge in [0.05, 0.1) is 18.3 Å². The summed E-state index contributed by atoms with van der Waals surface area (Å²) in [4.78, 5) is 46.9. The molecule has 3 heterocycles. The molecule has 0 aliphatic carbocycles. The van der Waals surface area contributed by atoms with Gasteiger partial charge < -0.3 is 30.9 Å². The molecule has 0 saturated carbocycles. The smallest absolute Gasteiger partial charge is 0.543 e. The number of carboxylic acids is 1. The number of nitrogens with zero attached hydrogens (tertiary/aromatic N) is 4. The number of nitrogen functional groups attached to an aromatic ring is 1. The maximum atomic E-state index is 12.6. The van der Waals surface area contributed by atoms with Crippen LogP contribution in [0.2, 0.25) is 0 Å². The summed E-state index contributed by atoms with van der Waals surface area (Å²) in [5.74, 6) is -2.64. The molecule has 12 nitrogen and oxygen atoms in total. The molecule has 2 atom stereocenters. The largest absolute Gasteiger partial charge is 1.00 e. The Kier molecular flexibility index (Phi) is 9.35. The van der Waals surface area contributed by atoms with Gasteiger partial charge in [-0.25, -0.2) is 0 Å². The summed E-state index contributed by atoms with van der Waals surface area (Å²) in [7, 11) is 1.23. The normalized spacial score (nSPS) is 20.8. The number of aliphatic hydroxyl groups excluding tert-OH is 1. The van der Waals surface area contributed by atoms with E-state index in [1.807, 2.05) is 0 Å². The van der Waals surface area contributed by atoms with Gasteiger partial charge in [-0.05, 0) is 5.41 Å². The molecule has 2 aliphatic heterocycles. The molecule has 0 aromatic carbocycles. The van der Waals surface area contributed by atoms with E-state index in [-0.39, 0.29) is 64.3 Å². The van der Waals surface area contributed by atoms with Gasteiger partial charge in [0.25, 0.3) is 11.8 Å². The maximum absolute atomic E-state index is 12.6. The summed E-state index contributed by atoms with van der Waals surface area (Å²) in [5.41, 5.74) is 5.01. The minimum Gasteiger partial charge on any atom is -0.543 e. The number of anilines is 1. The quantitative estimate of drug-likeness (QED) is 0.136. The minimum atomic E-state index is -1.50. The number of nitrogens with one attached hydrogen (secondary N) is 1. The second-order valence-corrected chi connectivity index (χ2v) is 8.56. The summed E-state index contributed by atoms with van der Waals surface area (Å²) in [6.45, 7) is -0.196. The third-order valence-corrected chi connectivity index (χ3v) is 6.83. The molecule has 2 aliphatic rings. The number of carbonyl (C=O) groups excluding carboxylic acids is 3.